The van der Waals surface area contributed by atoms with E-state index in [0.29, 0.717) is 19.6 Å². The van der Waals surface area contributed by atoms with E-state index < -0.39 is 0 Å². The lowest BCUT2D eigenvalue weighted by atomic mass is 10.2. The summed E-state index contributed by atoms with van der Waals surface area (Å²) in [6.07, 6.45) is 5.51. The number of rotatable bonds is 11. The molecule has 0 bridgehead atoms. The van der Waals surface area contributed by atoms with Crippen LogP contribution >= 0.6 is 0 Å². The summed E-state index contributed by atoms with van der Waals surface area (Å²) in [5.41, 5.74) is 0. The van der Waals surface area contributed by atoms with Gasteiger partial charge >= 0.3 is 5.97 Å². The highest BCUT2D eigenvalue weighted by molar-refractivity contribution is 5.75. The summed E-state index contributed by atoms with van der Waals surface area (Å²) < 4.78 is 10.4. The molecule has 0 radical (unpaired) electrons. The molecule has 0 fully saturated rings. The Balaban J connectivity index is 3.46. The molecule has 0 aromatic rings. The Kier molecular flexibility index (Phi) is 11.4. The van der Waals surface area contributed by atoms with E-state index in [-0.39, 0.29) is 12.0 Å². The van der Waals surface area contributed by atoms with Gasteiger partial charge in [-0.25, -0.2) is 0 Å². The Morgan fingerprint density at radius 3 is 2.53 bits per heavy atom. The second-order valence-electron chi connectivity index (χ2n) is 4.06. The van der Waals surface area contributed by atoms with Crippen molar-refractivity contribution in [2.45, 2.75) is 52.0 Å². The minimum absolute atomic E-state index is 0.190. The molecule has 0 saturated carbocycles. The predicted molar refractivity (Wildman–Crippen MR) is 69.1 cm³/mol. The lowest BCUT2D eigenvalue weighted by molar-refractivity contribution is -0.146. The SMILES string of the molecule is CCCCCCOCCC(NC)C(=O)OCC. The largest absolute Gasteiger partial charge is 0.465 e. The molecule has 0 spiro atoms. The number of esters is 1. The van der Waals surface area contributed by atoms with Crippen molar-refractivity contribution >= 4 is 5.97 Å². The minimum atomic E-state index is -0.245. The summed E-state index contributed by atoms with van der Waals surface area (Å²) in [4.78, 5) is 11.4. The average Bonchev–Trinajstić information content (AvgIpc) is 2.33. The Bertz CT molecular complexity index is 186. The van der Waals surface area contributed by atoms with Crippen LogP contribution in [0, 0.1) is 0 Å². The van der Waals surface area contributed by atoms with E-state index in [9.17, 15) is 4.79 Å². The molecule has 1 atom stereocenters. The molecule has 1 unspecified atom stereocenters. The number of nitrogens with one attached hydrogen (secondary N) is 1. The molecule has 17 heavy (non-hydrogen) atoms. The number of carbonyl (C=O) groups is 1. The third-order valence-corrected chi connectivity index (χ3v) is 2.61. The van der Waals surface area contributed by atoms with Gasteiger partial charge in [-0.15, -0.1) is 0 Å². The summed E-state index contributed by atoms with van der Waals surface area (Å²) in [5.74, 6) is -0.190. The maximum Gasteiger partial charge on any atom is 0.323 e. The van der Waals surface area contributed by atoms with Crippen molar-refractivity contribution in [2.24, 2.45) is 0 Å². The quantitative estimate of drug-likeness (QED) is 0.447. The molecule has 4 nitrogen and oxygen atoms in total. The molecule has 0 aliphatic carbocycles. The van der Waals surface area contributed by atoms with Crippen LogP contribution in [0.2, 0.25) is 0 Å². The first-order valence-corrected chi connectivity index (χ1v) is 6.67. The second kappa shape index (κ2) is 11.9. The molecule has 102 valence electrons. The van der Waals surface area contributed by atoms with Crippen LogP contribution in [0.4, 0.5) is 0 Å². The van der Waals surface area contributed by atoms with E-state index in [1.54, 1.807) is 7.05 Å². The van der Waals surface area contributed by atoms with E-state index in [0.717, 1.165) is 13.0 Å². The van der Waals surface area contributed by atoms with Crippen LogP contribution < -0.4 is 5.32 Å². The Labute approximate surface area is 105 Å². The Morgan fingerprint density at radius 1 is 1.18 bits per heavy atom. The zero-order valence-electron chi connectivity index (χ0n) is 11.5. The van der Waals surface area contributed by atoms with Gasteiger partial charge in [-0.3, -0.25) is 4.79 Å². The lowest BCUT2D eigenvalue weighted by Gasteiger charge is -2.14. The first kappa shape index (κ1) is 16.4. The molecule has 0 aliphatic heterocycles. The second-order valence-corrected chi connectivity index (χ2v) is 4.06. The van der Waals surface area contributed by atoms with E-state index in [1.807, 2.05) is 6.92 Å². The number of unbranched alkanes of at least 4 members (excludes halogenated alkanes) is 3. The number of hydrogen-bond donors (Lipinski definition) is 1. The van der Waals surface area contributed by atoms with Crippen molar-refractivity contribution in [1.82, 2.24) is 5.32 Å². The van der Waals surface area contributed by atoms with Crippen molar-refractivity contribution in [1.29, 1.82) is 0 Å². The van der Waals surface area contributed by atoms with Gasteiger partial charge in [-0.05, 0) is 26.8 Å². The summed E-state index contributed by atoms with van der Waals surface area (Å²) in [6, 6.07) is -0.245. The standard InChI is InChI=1S/C13H27NO3/c1-4-6-7-8-10-16-11-9-12(14-3)13(15)17-5-2/h12,14H,4-11H2,1-3H3. The highest BCUT2D eigenvalue weighted by Crippen LogP contribution is 2.00. The van der Waals surface area contributed by atoms with E-state index in [1.165, 1.54) is 19.3 Å². The molecule has 0 amide bonds. The monoisotopic (exact) mass is 245 g/mol. The average molecular weight is 245 g/mol. The molecule has 0 aromatic carbocycles. The van der Waals surface area contributed by atoms with Gasteiger partial charge < -0.3 is 14.8 Å². The topological polar surface area (TPSA) is 47.6 Å². The third-order valence-electron chi connectivity index (χ3n) is 2.61. The highest BCUT2D eigenvalue weighted by Gasteiger charge is 2.16. The van der Waals surface area contributed by atoms with Gasteiger partial charge in [0.25, 0.3) is 0 Å². The maximum absolute atomic E-state index is 11.4. The van der Waals surface area contributed by atoms with E-state index in [4.69, 9.17) is 9.47 Å². The van der Waals surface area contributed by atoms with Crippen molar-refractivity contribution in [2.75, 3.05) is 26.9 Å². The number of likely N-dealkylation sites (N-methyl/N-ethyl adjacent to an activating group) is 1. The van der Waals surface area contributed by atoms with Crippen LogP contribution in [0.5, 0.6) is 0 Å². The van der Waals surface area contributed by atoms with Crippen molar-refractivity contribution in [3.05, 3.63) is 0 Å². The van der Waals surface area contributed by atoms with Gasteiger partial charge in [0.05, 0.1) is 6.61 Å². The Hall–Kier alpha value is -0.610. The fraction of sp³-hybridized carbons (Fsp3) is 0.923. The summed E-state index contributed by atoms with van der Waals surface area (Å²) in [7, 11) is 1.77. The van der Waals surface area contributed by atoms with Crippen LogP contribution in [0.1, 0.15) is 46.0 Å². The van der Waals surface area contributed by atoms with E-state index >= 15 is 0 Å². The third kappa shape index (κ3) is 9.12. The van der Waals surface area contributed by atoms with Crippen LogP contribution in [0.25, 0.3) is 0 Å². The highest BCUT2D eigenvalue weighted by atomic mass is 16.5. The molecule has 0 aromatic heterocycles. The van der Waals surface area contributed by atoms with Crippen molar-refractivity contribution in [3.8, 4) is 0 Å². The Morgan fingerprint density at radius 2 is 1.94 bits per heavy atom. The minimum Gasteiger partial charge on any atom is -0.465 e. The van der Waals surface area contributed by atoms with Gasteiger partial charge in [0.1, 0.15) is 6.04 Å². The van der Waals surface area contributed by atoms with Gasteiger partial charge in [0.15, 0.2) is 0 Å². The number of ether oxygens (including phenoxy) is 2. The normalized spacial score (nSPS) is 12.4. The van der Waals surface area contributed by atoms with Crippen molar-refractivity contribution < 1.29 is 14.3 Å². The van der Waals surface area contributed by atoms with Crippen LogP contribution in [0.15, 0.2) is 0 Å². The fourth-order valence-electron chi connectivity index (χ4n) is 1.56. The zero-order chi connectivity index (χ0) is 12.9. The molecule has 0 rings (SSSR count). The molecule has 4 heteroatoms. The fourth-order valence-corrected chi connectivity index (χ4v) is 1.56. The molecular formula is C13H27NO3. The van der Waals surface area contributed by atoms with Gasteiger partial charge in [-0.2, -0.15) is 0 Å². The number of hydrogen-bond acceptors (Lipinski definition) is 4. The van der Waals surface area contributed by atoms with E-state index in [2.05, 4.69) is 12.2 Å². The smallest absolute Gasteiger partial charge is 0.323 e. The molecule has 0 heterocycles. The van der Waals surface area contributed by atoms with Gasteiger partial charge in [0, 0.05) is 13.2 Å². The molecule has 0 aliphatic rings. The molecule has 1 N–H and O–H groups in total. The lowest BCUT2D eigenvalue weighted by Crippen LogP contribution is -2.36. The molecular weight excluding hydrogens is 218 g/mol. The van der Waals surface area contributed by atoms with Gasteiger partial charge in [0.2, 0.25) is 0 Å². The van der Waals surface area contributed by atoms with Crippen molar-refractivity contribution in [3.63, 3.8) is 0 Å². The summed E-state index contributed by atoms with van der Waals surface area (Å²) in [6.45, 7) is 5.83. The first-order valence-electron chi connectivity index (χ1n) is 6.67. The summed E-state index contributed by atoms with van der Waals surface area (Å²) >= 11 is 0. The maximum atomic E-state index is 11.4. The molecule has 0 saturated heterocycles. The van der Waals surface area contributed by atoms with Crippen LogP contribution in [0.3, 0.4) is 0 Å². The first-order chi connectivity index (χ1) is 8.26. The summed E-state index contributed by atoms with van der Waals surface area (Å²) in [5, 5.41) is 2.94. The van der Waals surface area contributed by atoms with Crippen LogP contribution in [-0.4, -0.2) is 38.9 Å². The number of carbonyl (C=O) groups excluding carboxylic acids is 1. The zero-order valence-corrected chi connectivity index (χ0v) is 11.5. The predicted octanol–water partition coefficient (Wildman–Crippen LogP) is 2.12. The van der Waals surface area contributed by atoms with Gasteiger partial charge in [-0.1, -0.05) is 26.2 Å². The van der Waals surface area contributed by atoms with Crippen LogP contribution in [-0.2, 0) is 14.3 Å².